The van der Waals surface area contributed by atoms with E-state index in [1.165, 1.54) is 6.08 Å². The van der Waals surface area contributed by atoms with Crippen LogP contribution in [0.25, 0.3) is 0 Å². The van der Waals surface area contributed by atoms with E-state index in [1.807, 2.05) is 6.92 Å². The highest BCUT2D eigenvalue weighted by Crippen LogP contribution is 2.25. The van der Waals surface area contributed by atoms with Crippen LogP contribution >= 0.6 is 11.6 Å². The van der Waals surface area contributed by atoms with Gasteiger partial charge in [-0.25, -0.2) is 4.79 Å². The van der Waals surface area contributed by atoms with Gasteiger partial charge in [0.1, 0.15) is 6.10 Å². The molecule has 1 heterocycles. The summed E-state index contributed by atoms with van der Waals surface area (Å²) in [4.78, 5) is 11.1. The van der Waals surface area contributed by atoms with E-state index >= 15 is 0 Å². The van der Waals surface area contributed by atoms with E-state index in [1.54, 1.807) is 0 Å². The van der Waals surface area contributed by atoms with Crippen LogP contribution in [-0.4, -0.2) is 17.5 Å². The molecule has 1 rings (SSSR count). The monoisotopic (exact) mass is 202 g/mol. The fourth-order valence-electron chi connectivity index (χ4n) is 1.43. The maximum atomic E-state index is 11.1. The van der Waals surface area contributed by atoms with Crippen molar-refractivity contribution in [2.45, 2.75) is 38.7 Å². The maximum Gasteiger partial charge on any atom is 0.331 e. The number of halogens is 1. The highest BCUT2D eigenvalue weighted by Gasteiger charge is 2.29. The summed E-state index contributed by atoms with van der Waals surface area (Å²) >= 11 is 6.10. The van der Waals surface area contributed by atoms with Crippen LogP contribution in [0, 0.1) is 5.92 Å². The second kappa shape index (κ2) is 4.14. The number of hydrogen-bond donors (Lipinski definition) is 0. The van der Waals surface area contributed by atoms with Crippen LogP contribution in [0.4, 0.5) is 0 Å². The van der Waals surface area contributed by atoms with Crippen molar-refractivity contribution < 1.29 is 9.53 Å². The molecule has 13 heavy (non-hydrogen) atoms. The largest absolute Gasteiger partial charge is 0.457 e. The van der Waals surface area contributed by atoms with E-state index in [0.717, 1.165) is 12.0 Å². The van der Waals surface area contributed by atoms with Crippen LogP contribution in [0.15, 0.2) is 11.6 Å². The maximum absolute atomic E-state index is 11.1. The first kappa shape index (κ1) is 10.6. The molecule has 0 saturated heterocycles. The molecule has 0 fully saturated rings. The minimum absolute atomic E-state index is 0.153. The van der Waals surface area contributed by atoms with E-state index < -0.39 is 0 Å². The van der Waals surface area contributed by atoms with Gasteiger partial charge in [-0.1, -0.05) is 13.8 Å². The molecule has 0 saturated carbocycles. The Hall–Kier alpha value is -0.500. The van der Waals surface area contributed by atoms with Crippen LogP contribution in [0.2, 0.25) is 0 Å². The summed E-state index contributed by atoms with van der Waals surface area (Å²) in [5.74, 6) is 0.227. The lowest BCUT2D eigenvalue weighted by molar-refractivity contribution is -0.144. The van der Waals surface area contributed by atoms with Gasteiger partial charge in [-0.15, -0.1) is 11.6 Å². The number of hydrogen-bond acceptors (Lipinski definition) is 2. The number of cyclic esters (lactones) is 1. The van der Waals surface area contributed by atoms with E-state index in [4.69, 9.17) is 16.3 Å². The summed E-state index contributed by atoms with van der Waals surface area (Å²) in [5, 5.41) is -0.153. The van der Waals surface area contributed by atoms with Gasteiger partial charge in [0.2, 0.25) is 0 Å². The molecule has 0 amide bonds. The third-order valence-corrected chi connectivity index (χ3v) is 2.70. The lowest BCUT2D eigenvalue weighted by Gasteiger charge is -2.27. The smallest absolute Gasteiger partial charge is 0.331 e. The third kappa shape index (κ3) is 2.73. The Labute approximate surface area is 83.9 Å². The minimum atomic E-state index is -0.264. The molecule has 1 aliphatic heterocycles. The van der Waals surface area contributed by atoms with Crippen LogP contribution in [0.1, 0.15) is 27.2 Å². The Morgan fingerprint density at radius 1 is 1.62 bits per heavy atom. The van der Waals surface area contributed by atoms with Gasteiger partial charge in [0.05, 0.1) is 5.38 Å². The van der Waals surface area contributed by atoms with Crippen LogP contribution in [-0.2, 0) is 9.53 Å². The van der Waals surface area contributed by atoms with Crippen molar-refractivity contribution in [2.24, 2.45) is 5.92 Å². The lowest BCUT2D eigenvalue weighted by atomic mass is 9.98. The Morgan fingerprint density at radius 3 is 2.77 bits per heavy atom. The van der Waals surface area contributed by atoms with Crippen molar-refractivity contribution in [1.82, 2.24) is 0 Å². The number of ether oxygens (including phenoxy) is 1. The van der Waals surface area contributed by atoms with Crippen LogP contribution in [0.5, 0.6) is 0 Å². The van der Waals surface area contributed by atoms with Gasteiger partial charge in [-0.2, -0.15) is 0 Å². The Kier molecular flexibility index (Phi) is 3.37. The summed E-state index contributed by atoms with van der Waals surface area (Å²) in [6.45, 7) is 6.04. The minimum Gasteiger partial charge on any atom is -0.457 e. The first-order chi connectivity index (χ1) is 6.00. The number of alkyl halides is 1. The normalized spacial score (nSPS) is 28.7. The molecule has 0 N–H and O–H groups in total. The Morgan fingerprint density at radius 2 is 2.23 bits per heavy atom. The lowest BCUT2D eigenvalue weighted by Crippen LogP contribution is -2.33. The van der Waals surface area contributed by atoms with Gasteiger partial charge in [-0.05, 0) is 24.8 Å². The molecule has 0 aromatic rings. The zero-order valence-electron chi connectivity index (χ0n) is 8.21. The van der Waals surface area contributed by atoms with Gasteiger partial charge < -0.3 is 4.74 Å². The predicted octanol–water partition coefficient (Wildman–Crippen LogP) is 2.51. The van der Waals surface area contributed by atoms with E-state index in [2.05, 4.69) is 13.8 Å². The molecule has 0 unspecified atom stereocenters. The molecule has 0 spiro atoms. The Bertz CT molecular complexity index is 233. The molecular weight excluding hydrogens is 188 g/mol. The molecular formula is C10H15ClO2. The molecule has 0 aromatic carbocycles. The summed E-state index contributed by atoms with van der Waals surface area (Å²) in [7, 11) is 0. The van der Waals surface area contributed by atoms with Gasteiger partial charge in [0.25, 0.3) is 0 Å². The first-order valence-corrected chi connectivity index (χ1v) is 4.97. The van der Waals surface area contributed by atoms with Crippen LogP contribution < -0.4 is 0 Å². The van der Waals surface area contributed by atoms with E-state index in [0.29, 0.717) is 5.92 Å². The predicted molar refractivity (Wildman–Crippen MR) is 52.7 cm³/mol. The second-order valence-electron chi connectivity index (χ2n) is 3.90. The van der Waals surface area contributed by atoms with E-state index in [-0.39, 0.29) is 17.5 Å². The third-order valence-electron chi connectivity index (χ3n) is 2.08. The van der Waals surface area contributed by atoms with Gasteiger partial charge in [0.15, 0.2) is 0 Å². The molecule has 2 nitrogen and oxygen atoms in total. The molecule has 0 aromatic heterocycles. The summed E-state index contributed by atoms with van der Waals surface area (Å²) in [5.41, 5.74) is 0.906. The SMILES string of the molecule is CC1=CC(=O)O[C@@H](CC(C)C)[C@H]1Cl. The molecule has 1 aliphatic rings. The average molecular weight is 203 g/mol. The summed E-state index contributed by atoms with van der Waals surface area (Å²) in [6.07, 6.45) is 2.14. The zero-order chi connectivity index (χ0) is 10.0. The van der Waals surface area contributed by atoms with Crippen molar-refractivity contribution in [3.8, 4) is 0 Å². The molecule has 3 heteroatoms. The van der Waals surface area contributed by atoms with Crippen molar-refractivity contribution in [3.63, 3.8) is 0 Å². The van der Waals surface area contributed by atoms with E-state index in [9.17, 15) is 4.79 Å². The van der Waals surface area contributed by atoms with Gasteiger partial charge in [0, 0.05) is 6.08 Å². The molecule has 0 bridgehead atoms. The molecule has 0 aliphatic carbocycles. The zero-order valence-corrected chi connectivity index (χ0v) is 8.97. The van der Waals surface area contributed by atoms with Crippen LogP contribution in [0.3, 0.4) is 0 Å². The molecule has 74 valence electrons. The number of carbonyl (C=O) groups excluding carboxylic acids is 1. The fourth-order valence-corrected chi connectivity index (χ4v) is 1.65. The topological polar surface area (TPSA) is 26.3 Å². The quantitative estimate of drug-likeness (QED) is 0.508. The van der Waals surface area contributed by atoms with Crippen molar-refractivity contribution in [3.05, 3.63) is 11.6 Å². The highest BCUT2D eigenvalue weighted by atomic mass is 35.5. The van der Waals surface area contributed by atoms with Gasteiger partial charge in [-0.3, -0.25) is 0 Å². The fraction of sp³-hybridized carbons (Fsp3) is 0.700. The van der Waals surface area contributed by atoms with Gasteiger partial charge >= 0.3 is 5.97 Å². The van der Waals surface area contributed by atoms with Crippen molar-refractivity contribution in [2.75, 3.05) is 0 Å². The number of rotatable bonds is 2. The second-order valence-corrected chi connectivity index (χ2v) is 4.37. The highest BCUT2D eigenvalue weighted by molar-refractivity contribution is 6.23. The standard InChI is InChI=1S/C10H15ClO2/c1-6(2)4-8-10(11)7(3)5-9(12)13-8/h5-6,8,10H,4H2,1-3H3/t8-,10-/m0/s1. The summed E-state index contributed by atoms with van der Waals surface area (Å²) < 4.78 is 5.13. The number of esters is 1. The summed E-state index contributed by atoms with van der Waals surface area (Å²) in [6, 6.07) is 0. The first-order valence-electron chi connectivity index (χ1n) is 4.53. The molecule has 2 atom stereocenters. The average Bonchev–Trinajstić information content (AvgIpc) is 1.98. The van der Waals surface area contributed by atoms with Crippen molar-refractivity contribution >= 4 is 17.6 Å². The number of carbonyl (C=O) groups is 1. The molecule has 0 radical (unpaired) electrons. The Balaban J connectivity index is 2.67. The van der Waals surface area contributed by atoms with Crippen molar-refractivity contribution in [1.29, 1.82) is 0 Å².